The molecule has 0 aliphatic heterocycles. The molecule has 0 fully saturated rings. The first-order valence-corrected chi connectivity index (χ1v) is 6.18. The maximum atomic E-state index is 11.7. The van der Waals surface area contributed by atoms with E-state index in [0.29, 0.717) is 0 Å². The Morgan fingerprint density at radius 2 is 1.61 bits per heavy atom. The molecule has 2 N–H and O–H groups in total. The topological polar surface area (TPSA) is 67.4 Å². The molecule has 0 aromatic carbocycles. The Hall–Kier alpha value is -1.10. The third-order valence-electron chi connectivity index (χ3n) is 1.86. The molecule has 5 nitrogen and oxygen atoms in total. The van der Waals surface area contributed by atoms with Crippen molar-refractivity contribution >= 4 is 11.9 Å². The lowest BCUT2D eigenvalue weighted by Gasteiger charge is -2.24. The number of rotatable bonds is 4. The van der Waals surface area contributed by atoms with Gasteiger partial charge in [0.15, 0.2) is 0 Å². The predicted octanol–water partition coefficient (Wildman–Crippen LogP) is 1.22. The van der Waals surface area contributed by atoms with Crippen LogP contribution in [0.1, 0.15) is 48.5 Å². The second-order valence-corrected chi connectivity index (χ2v) is 6.43. The van der Waals surface area contributed by atoms with E-state index in [1.165, 1.54) is 0 Å². The molecule has 1 atom stereocenters. The van der Waals surface area contributed by atoms with E-state index in [2.05, 4.69) is 10.6 Å². The van der Waals surface area contributed by atoms with Gasteiger partial charge in [-0.25, -0.2) is 0 Å². The summed E-state index contributed by atoms with van der Waals surface area (Å²) in [5, 5.41) is 5.68. The van der Waals surface area contributed by atoms with Gasteiger partial charge >= 0.3 is 5.97 Å². The van der Waals surface area contributed by atoms with Crippen LogP contribution < -0.4 is 10.6 Å². The second-order valence-electron chi connectivity index (χ2n) is 6.43. The van der Waals surface area contributed by atoms with Gasteiger partial charge in [0.25, 0.3) is 0 Å². The number of nitrogens with one attached hydrogen (secondary N) is 2. The molecule has 0 rings (SSSR count). The minimum Gasteiger partial charge on any atom is -0.459 e. The molecule has 0 saturated heterocycles. The molecule has 5 heteroatoms. The number of hydrogen-bond donors (Lipinski definition) is 2. The highest BCUT2D eigenvalue weighted by Crippen LogP contribution is 2.06. The minimum absolute atomic E-state index is 0.0238. The van der Waals surface area contributed by atoms with Gasteiger partial charge in [0.2, 0.25) is 5.91 Å². The second kappa shape index (κ2) is 6.18. The summed E-state index contributed by atoms with van der Waals surface area (Å²) in [5.41, 5.74) is -0.783. The van der Waals surface area contributed by atoms with Crippen molar-refractivity contribution in [3.05, 3.63) is 0 Å². The molecule has 1 amide bonds. The monoisotopic (exact) mass is 258 g/mol. The van der Waals surface area contributed by atoms with E-state index in [-0.39, 0.29) is 24.0 Å². The maximum Gasteiger partial charge on any atom is 0.320 e. The fraction of sp³-hybridized carbons (Fsp3) is 0.846. The van der Waals surface area contributed by atoms with Crippen molar-refractivity contribution in [1.82, 2.24) is 10.6 Å². The fourth-order valence-electron chi connectivity index (χ4n) is 1.18. The van der Waals surface area contributed by atoms with E-state index >= 15 is 0 Å². The highest BCUT2D eigenvalue weighted by Gasteiger charge is 2.21. The molecule has 0 radical (unpaired) electrons. The number of ether oxygens (including phenoxy) is 1. The minimum atomic E-state index is -0.504. The van der Waals surface area contributed by atoms with E-state index < -0.39 is 11.6 Å². The molecule has 0 saturated carbocycles. The first-order valence-electron chi connectivity index (χ1n) is 6.18. The lowest BCUT2D eigenvalue weighted by Crippen LogP contribution is -2.50. The van der Waals surface area contributed by atoms with Crippen molar-refractivity contribution in [2.45, 2.75) is 65.6 Å². The van der Waals surface area contributed by atoms with Crippen LogP contribution in [0.4, 0.5) is 0 Å². The van der Waals surface area contributed by atoms with E-state index in [1.807, 2.05) is 20.8 Å². The lowest BCUT2D eigenvalue weighted by molar-refractivity contribution is -0.153. The van der Waals surface area contributed by atoms with E-state index in [1.54, 1.807) is 27.7 Å². The zero-order valence-corrected chi connectivity index (χ0v) is 12.5. The summed E-state index contributed by atoms with van der Waals surface area (Å²) in [6.45, 7) is 12.9. The SMILES string of the molecule is CC(NCC(=O)OC(C)(C)C)C(=O)NC(C)(C)C. The molecule has 18 heavy (non-hydrogen) atoms. The Labute approximate surface area is 110 Å². The van der Waals surface area contributed by atoms with Crippen LogP contribution in [0.3, 0.4) is 0 Å². The summed E-state index contributed by atoms with van der Waals surface area (Å²) >= 11 is 0. The van der Waals surface area contributed by atoms with Crippen LogP contribution in [0.25, 0.3) is 0 Å². The molecule has 0 aliphatic rings. The Bertz CT molecular complexity index is 300. The molecule has 0 aromatic heterocycles. The van der Waals surface area contributed by atoms with Gasteiger partial charge in [-0.3, -0.25) is 14.9 Å². The molecule has 0 spiro atoms. The van der Waals surface area contributed by atoms with Gasteiger partial charge in [-0.05, 0) is 48.5 Å². The standard InChI is InChI=1S/C13H26N2O3/c1-9(11(17)15-12(2,3)4)14-8-10(16)18-13(5,6)7/h9,14H,8H2,1-7H3,(H,15,17). The fourth-order valence-corrected chi connectivity index (χ4v) is 1.18. The van der Waals surface area contributed by atoms with Crippen molar-refractivity contribution in [1.29, 1.82) is 0 Å². The predicted molar refractivity (Wildman–Crippen MR) is 71.2 cm³/mol. The number of carbonyl (C=O) groups excluding carboxylic acids is 2. The maximum absolute atomic E-state index is 11.7. The van der Waals surface area contributed by atoms with Crippen LogP contribution in [0.15, 0.2) is 0 Å². The van der Waals surface area contributed by atoms with Gasteiger partial charge in [0, 0.05) is 5.54 Å². The highest BCUT2D eigenvalue weighted by atomic mass is 16.6. The van der Waals surface area contributed by atoms with Gasteiger partial charge in [0.05, 0.1) is 12.6 Å². The molecular formula is C13H26N2O3. The first kappa shape index (κ1) is 16.9. The summed E-state index contributed by atoms with van der Waals surface area (Å²) in [6, 6.07) is -0.434. The normalized spacial score (nSPS) is 13.9. The lowest BCUT2D eigenvalue weighted by atomic mass is 10.1. The van der Waals surface area contributed by atoms with Crippen LogP contribution in [0, 0.1) is 0 Å². The summed E-state index contributed by atoms with van der Waals surface area (Å²) in [7, 11) is 0. The van der Waals surface area contributed by atoms with E-state index in [4.69, 9.17) is 4.74 Å². The van der Waals surface area contributed by atoms with Crippen molar-refractivity contribution in [3.8, 4) is 0 Å². The van der Waals surface area contributed by atoms with Crippen LogP contribution in [-0.2, 0) is 14.3 Å². The first-order chi connectivity index (χ1) is 7.91. The molecule has 0 aromatic rings. The average molecular weight is 258 g/mol. The smallest absolute Gasteiger partial charge is 0.320 e. The van der Waals surface area contributed by atoms with Gasteiger partial charge in [-0.2, -0.15) is 0 Å². The van der Waals surface area contributed by atoms with Crippen molar-refractivity contribution in [2.24, 2.45) is 0 Å². The van der Waals surface area contributed by atoms with E-state index in [0.717, 1.165) is 0 Å². The van der Waals surface area contributed by atoms with Gasteiger partial charge in [0.1, 0.15) is 5.60 Å². The number of hydrogen-bond acceptors (Lipinski definition) is 4. The molecule has 106 valence electrons. The molecule has 0 bridgehead atoms. The Balaban J connectivity index is 4.07. The number of esters is 1. The molecule has 1 unspecified atom stereocenters. The Morgan fingerprint density at radius 3 is 2.00 bits per heavy atom. The largest absolute Gasteiger partial charge is 0.459 e. The summed E-state index contributed by atoms with van der Waals surface area (Å²) in [5.74, 6) is -0.496. The third kappa shape index (κ3) is 8.98. The number of carbonyl (C=O) groups is 2. The highest BCUT2D eigenvalue weighted by molar-refractivity contribution is 5.82. The van der Waals surface area contributed by atoms with Crippen molar-refractivity contribution < 1.29 is 14.3 Å². The summed E-state index contributed by atoms with van der Waals surface area (Å²) in [6.07, 6.45) is 0. The Kier molecular flexibility index (Phi) is 5.80. The summed E-state index contributed by atoms with van der Waals surface area (Å²) in [4.78, 5) is 23.2. The van der Waals surface area contributed by atoms with Crippen LogP contribution in [0.5, 0.6) is 0 Å². The molecule has 0 aliphatic carbocycles. The zero-order chi connectivity index (χ0) is 14.6. The summed E-state index contributed by atoms with van der Waals surface area (Å²) < 4.78 is 5.14. The van der Waals surface area contributed by atoms with Crippen molar-refractivity contribution in [2.75, 3.05) is 6.54 Å². The van der Waals surface area contributed by atoms with Crippen LogP contribution >= 0.6 is 0 Å². The van der Waals surface area contributed by atoms with Crippen molar-refractivity contribution in [3.63, 3.8) is 0 Å². The zero-order valence-electron chi connectivity index (χ0n) is 12.5. The van der Waals surface area contributed by atoms with Gasteiger partial charge < -0.3 is 10.1 Å². The Morgan fingerprint density at radius 1 is 1.11 bits per heavy atom. The van der Waals surface area contributed by atoms with E-state index in [9.17, 15) is 9.59 Å². The van der Waals surface area contributed by atoms with Gasteiger partial charge in [-0.15, -0.1) is 0 Å². The number of amides is 1. The molecule has 0 heterocycles. The third-order valence-corrected chi connectivity index (χ3v) is 1.86. The quantitative estimate of drug-likeness (QED) is 0.744. The van der Waals surface area contributed by atoms with Crippen LogP contribution in [-0.4, -0.2) is 35.6 Å². The average Bonchev–Trinajstić information content (AvgIpc) is 2.08. The van der Waals surface area contributed by atoms with Crippen LogP contribution in [0.2, 0.25) is 0 Å². The van der Waals surface area contributed by atoms with Gasteiger partial charge in [-0.1, -0.05) is 0 Å². The molecular weight excluding hydrogens is 232 g/mol.